The van der Waals surface area contributed by atoms with Crippen LogP contribution in [0.25, 0.3) is 11.1 Å². The second kappa shape index (κ2) is 8.93. The van der Waals surface area contributed by atoms with Crippen molar-refractivity contribution in [1.82, 2.24) is 4.57 Å². The van der Waals surface area contributed by atoms with Crippen LogP contribution < -0.4 is 20.9 Å². The SMILES string of the molecule is CN(C(=O)OC(C)(C)C)c1cc(-c2cc(N)ccc2Oc2ccc(F)cc2F)cn(C)c1=O. The Kier molecular flexibility index (Phi) is 6.44. The number of amides is 1. The number of nitrogens with two attached hydrogens (primary N) is 1. The largest absolute Gasteiger partial charge is 0.454 e. The highest BCUT2D eigenvalue weighted by Gasteiger charge is 2.24. The molecule has 1 aromatic heterocycles. The molecule has 0 aliphatic rings. The number of nitrogen functional groups attached to an aromatic ring is 1. The first-order valence-corrected chi connectivity index (χ1v) is 10.1. The summed E-state index contributed by atoms with van der Waals surface area (Å²) in [6.07, 6.45) is 0.839. The van der Waals surface area contributed by atoms with Gasteiger partial charge in [-0.05, 0) is 57.2 Å². The van der Waals surface area contributed by atoms with Crippen molar-refractivity contribution in [2.45, 2.75) is 26.4 Å². The molecule has 2 aromatic carbocycles. The van der Waals surface area contributed by atoms with Gasteiger partial charge in [-0.25, -0.2) is 13.6 Å². The summed E-state index contributed by atoms with van der Waals surface area (Å²) in [4.78, 5) is 26.4. The number of ether oxygens (including phenoxy) is 2. The van der Waals surface area contributed by atoms with Gasteiger partial charge in [0, 0.05) is 43.2 Å². The zero-order valence-electron chi connectivity index (χ0n) is 19.0. The van der Waals surface area contributed by atoms with Crippen LogP contribution in [0.1, 0.15) is 20.8 Å². The molecular weight excluding hydrogens is 432 g/mol. The summed E-state index contributed by atoms with van der Waals surface area (Å²) >= 11 is 0. The van der Waals surface area contributed by atoms with E-state index < -0.39 is 28.9 Å². The van der Waals surface area contributed by atoms with Gasteiger partial charge in [-0.3, -0.25) is 9.69 Å². The van der Waals surface area contributed by atoms with Crippen LogP contribution in [0.3, 0.4) is 0 Å². The lowest BCUT2D eigenvalue weighted by atomic mass is 10.0. The normalized spacial score (nSPS) is 11.2. The van der Waals surface area contributed by atoms with Crippen LogP contribution in [0.4, 0.5) is 25.0 Å². The number of aromatic nitrogens is 1. The average Bonchev–Trinajstić information content (AvgIpc) is 2.71. The average molecular weight is 457 g/mol. The molecule has 3 rings (SSSR count). The topological polar surface area (TPSA) is 86.8 Å². The molecule has 174 valence electrons. The monoisotopic (exact) mass is 457 g/mol. The summed E-state index contributed by atoms with van der Waals surface area (Å²) in [5.74, 6) is -1.56. The zero-order chi connectivity index (χ0) is 24.5. The summed E-state index contributed by atoms with van der Waals surface area (Å²) in [6, 6.07) is 9.16. The number of rotatable bonds is 4. The smallest absolute Gasteiger partial charge is 0.414 e. The summed E-state index contributed by atoms with van der Waals surface area (Å²) in [6.45, 7) is 5.16. The van der Waals surface area contributed by atoms with Gasteiger partial charge in [-0.15, -0.1) is 0 Å². The molecule has 0 atom stereocenters. The van der Waals surface area contributed by atoms with Crippen molar-refractivity contribution >= 4 is 17.5 Å². The van der Waals surface area contributed by atoms with Crippen LogP contribution in [-0.2, 0) is 11.8 Å². The third kappa shape index (κ3) is 5.49. The van der Waals surface area contributed by atoms with Gasteiger partial charge in [0.25, 0.3) is 5.56 Å². The fourth-order valence-corrected chi connectivity index (χ4v) is 3.05. The number of halogens is 2. The minimum atomic E-state index is -0.872. The Bertz CT molecular complexity index is 1270. The number of hydrogen-bond donors (Lipinski definition) is 1. The molecule has 0 radical (unpaired) electrons. The minimum absolute atomic E-state index is 0.0607. The molecule has 3 aromatic rings. The number of benzene rings is 2. The summed E-state index contributed by atoms with van der Waals surface area (Å²) in [5, 5.41) is 0. The molecule has 1 heterocycles. The summed E-state index contributed by atoms with van der Waals surface area (Å²) < 4.78 is 39.8. The van der Waals surface area contributed by atoms with Crippen LogP contribution in [0.15, 0.2) is 53.5 Å². The first kappa shape index (κ1) is 23.8. The van der Waals surface area contributed by atoms with Crippen molar-refractivity contribution in [3.8, 4) is 22.6 Å². The van der Waals surface area contributed by atoms with E-state index in [1.165, 1.54) is 43.1 Å². The second-order valence-corrected chi connectivity index (χ2v) is 8.50. The van der Waals surface area contributed by atoms with E-state index in [-0.39, 0.29) is 17.2 Å². The van der Waals surface area contributed by atoms with Crippen LogP contribution in [0, 0.1) is 11.6 Å². The van der Waals surface area contributed by atoms with E-state index in [2.05, 4.69) is 0 Å². The molecule has 0 aliphatic heterocycles. The second-order valence-electron chi connectivity index (χ2n) is 8.50. The quantitative estimate of drug-likeness (QED) is 0.553. The van der Waals surface area contributed by atoms with Crippen molar-refractivity contribution in [2.24, 2.45) is 7.05 Å². The number of pyridine rings is 1. The van der Waals surface area contributed by atoms with E-state index in [0.29, 0.717) is 22.9 Å². The molecule has 0 saturated heterocycles. The zero-order valence-corrected chi connectivity index (χ0v) is 19.0. The highest BCUT2D eigenvalue weighted by Crippen LogP contribution is 2.36. The van der Waals surface area contributed by atoms with Gasteiger partial charge in [-0.2, -0.15) is 0 Å². The predicted molar refractivity (Wildman–Crippen MR) is 123 cm³/mol. The molecule has 0 spiro atoms. The van der Waals surface area contributed by atoms with E-state index in [1.54, 1.807) is 32.9 Å². The first-order valence-electron chi connectivity index (χ1n) is 10.1. The van der Waals surface area contributed by atoms with Crippen LogP contribution >= 0.6 is 0 Å². The molecule has 33 heavy (non-hydrogen) atoms. The predicted octanol–water partition coefficient (Wildman–Crippen LogP) is 5.08. The van der Waals surface area contributed by atoms with E-state index in [9.17, 15) is 18.4 Å². The van der Waals surface area contributed by atoms with Gasteiger partial charge >= 0.3 is 6.09 Å². The van der Waals surface area contributed by atoms with E-state index in [1.807, 2.05) is 0 Å². The van der Waals surface area contributed by atoms with Gasteiger partial charge in [0.15, 0.2) is 11.6 Å². The number of nitrogens with zero attached hydrogens (tertiary/aromatic N) is 2. The molecule has 0 unspecified atom stereocenters. The van der Waals surface area contributed by atoms with E-state index >= 15 is 0 Å². The Labute approximate surface area is 190 Å². The molecule has 2 N–H and O–H groups in total. The fourth-order valence-electron chi connectivity index (χ4n) is 3.05. The Morgan fingerprint density at radius 2 is 1.73 bits per heavy atom. The number of carbonyl (C=O) groups is 1. The van der Waals surface area contributed by atoms with Crippen LogP contribution in [0.2, 0.25) is 0 Å². The Morgan fingerprint density at radius 1 is 1.06 bits per heavy atom. The Hall–Kier alpha value is -3.88. The number of anilines is 2. The number of aryl methyl sites for hydroxylation is 1. The van der Waals surface area contributed by atoms with Crippen LogP contribution in [-0.4, -0.2) is 23.3 Å². The number of carbonyl (C=O) groups excluding carboxylic acids is 1. The van der Waals surface area contributed by atoms with E-state index in [0.717, 1.165) is 11.0 Å². The van der Waals surface area contributed by atoms with Crippen LogP contribution in [0.5, 0.6) is 11.5 Å². The highest BCUT2D eigenvalue weighted by molar-refractivity contribution is 5.88. The Morgan fingerprint density at radius 3 is 2.36 bits per heavy atom. The molecule has 0 saturated carbocycles. The maximum Gasteiger partial charge on any atom is 0.414 e. The standard InChI is InChI=1S/C24H25F2N3O4/c1-24(2,3)33-23(31)29(5)19-10-14(13-28(4)22(19)30)17-12-16(27)7-9-20(17)32-21-8-6-15(25)11-18(21)26/h6-13H,27H2,1-5H3. The fraction of sp³-hybridized carbons (Fsp3) is 0.250. The van der Waals surface area contributed by atoms with Gasteiger partial charge in [0.2, 0.25) is 0 Å². The first-order chi connectivity index (χ1) is 15.4. The van der Waals surface area contributed by atoms with Crippen molar-refractivity contribution in [2.75, 3.05) is 17.7 Å². The molecule has 0 bridgehead atoms. The van der Waals surface area contributed by atoms with Gasteiger partial charge < -0.3 is 19.8 Å². The van der Waals surface area contributed by atoms with Crippen molar-refractivity contribution in [1.29, 1.82) is 0 Å². The minimum Gasteiger partial charge on any atom is -0.454 e. The molecule has 9 heteroatoms. The molecule has 7 nitrogen and oxygen atoms in total. The maximum absolute atomic E-state index is 14.2. The Balaban J connectivity index is 2.09. The van der Waals surface area contributed by atoms with Gasteiger partial charge in [-0.1, -0.05) is 0 Å². The van der Waals surface area contributed by atoms with Crippen molar-refractivity contribution < 1.29 is 23.0 Å². The molecule has 1 amide bonds. The van der Waals surface area contributed by atoms with Crippen molar-refractivity contribution in [3.63, 3.8) is 0 Å². The summed E-state index contributed by atoms with van der Waals surface area (Å²) in [5.41, 5.74) is 6.16. The molecule has 0 fully saturated rings. The number of hydrogen-bond acceptors (Lipinski definition) is 5. The lowest BCUT2D eigenvalue weighted by Crippen LogP contribution is -2.37. The highest BCUT2D eigenvalue weighted by atomic mass is 19.1. The van der Waals surface area contributed by atoms with Gasteiger partial charge in [0.05, 0.1) is 0 Å². The van der Waals surface area contributed by atoms with E-state index in [4.69, 9.17) is 15.2 Å². The summed E-state index contributed by atoms with van der Waals surface area (Å²) in [7, 11) is 2.96. The third-order valence-corrected chi connectivity index (χ3v) is 4.62. The molecule has 0 aliphatic carbocycles. The lowest BCUT2D eigenvalue weighted by Gasteiger charge is -2.25. The van der Waals surface area contributed by atoms with Crippen molar-refractivity contribution in [3.05, 3.63) is 70.6 Å². The third-order valence-electron chi connectivity index (χ3n) is 4.62. The van der Waals surface area contributed by atoms with Gasteiger partial charge in [0.1, 0.15) is 22.9 Å². The molecular formula is C24H25F2N3O4. The maximum atomic E-state index is 14.2. The lowest BCUT2D eigenvalue weighted by molar-refractivity contribution is 0.0589.